The number of aromatic nitrogens is 1. The van der Waals surface area contributed by atoms with Crippen molar-refractivity contribution in [2.45, 2.75) is 18.1 Å². The highest BCUT2D eigenvalue weighted by Gasteiger charge is 2.33. The Balaban J connectivity index is 1.72. The normalized spacial score (nSPS) is 18.2. The van der Waals surface area contributed by atoms with E-state index in [4.69, 9.17) is 0 Å². The molecule has 2 aromatic rings. The van der Waals surface area contributed by atoms with Crippen molar-refractivity contribution in [1.82, 2.24) is 9.88 Å². The van der Waals surface area contributed by atoms with Crippen LogP contribution in [0.4, 0.5) is 5.69 Å². The van der Waals surface area contributed by atoms with Crippen LogP contribution in [0.15, 0.2) is 54.7 Å². The zero-order valence-electron chi connectivity index (χ0n) is 13.1. The van der Waals surface area contributed by atoms with Gasteiger partial charge in [-0.1, -0.05) is 24.3 Å². The monoisotopic (exact) mass is 345 g/mol. The molecule has 1 amide bonds. The van der Waals surface area contributed by atoms with Gasteiger partial charge in [0.2, 0.25) is 10.0 Å². The molecule has 24 heavy (non-hydrogen) atoms. The maximum atomic E-state index is 12.6. The largest absolute Gasteiger partial charge is 0.336 e. The van der Waals surface area contributed by atoms with Crippen LogP contribution in [0, 0.1) is 0 Å². The minimum atomic E-state index is -3.55. The number of likely N-dealkylation sites (tertiary alicyclic amines) is 1. The summed E-state index contributed by atoms with van der Waals surface area (Å²) in [5.74, 6) is -0.227. The van der Waals surface area contributed by atoms with Crippen LogP contribution in [0.3, 0.4) is 0 Å². The summed E-state index contributed by atoms with van der Waals surface area (Å²) in [6.07, 6.45) is 2.75. The predicted molar refractivity (Wildman–Crippen MR) is 92.1 cm³/mol. The standard InChI is InChI=1S/C17H19N3O3S/c21-17(16-10-4-5-11-18-16)20-12-6-9-15(13-20)24(22,23)19-14-7-2-1-3-8-14/h1-5,7-8,10-11,15,19H,6,9,12-13H2. The number of piperidine rings is 1. The Hall–Kier alpha value is -2.41. The molecule has 1 aliphatic rings. The summed E-state index contributed by atoms with van der Waals surface area (Å²) < 4.78 is 27.8. The second kappa shape index (κ2) is 7.00. The van der Waals surface area contributed by atoms with E-state index in [-0.39, 0.29) is 12.5 Å². The number of sulfonamides is 1. The van der Waals surface area contributed by atoms with Crippen molar-refractivity contribution >= 4 is 21.6 Å². The number of benzene rings is 1. The molecule has 1 saturated heterocycles. The number of rotatable bonds is 4. The molecule has 3 rings (SSSR count). The summed E-state index contributed by atoms with van der Waals surface area (Å²) in [4.78, 5) is 18.1. The molecule has 1 unspecified atom stereocenters. The summed E-state index contributed by atoms with van der Waals surface area (Å²) in [6.45, 7) is 0.727. The van der Waals surface area contributed by atoms with Gasteiger partial charge in [0, 0.05) is 25.0 Å². The van der Waals surface area contributed by atoms with E-state index in [0.717, 1.165) is 0 Å². The van der Waals surface area contributed by atoms with Gasteiger partial charge in [-0.05, 0) is 37.1 Å². The molecule has 1 fully saturated rings. The molecular weight excluding hydrogens is 326 g/mol. The van der Waals surface area contributed by atoms with Gasteiger partial charge in [0.25, 0.3) is 5.91 Å². The Bertz CT molecular complexity index is 794. The van der Waals surface area contributed by atoms with Gasteiger partial charge in [-0.3, -0.25) is 14.5 Å². The van der Waals surface area contributed by atoms with Crippen LogP contribution < -0.4 is 4.72 Å². The second-order valence-electron chi connectivity index (χ2n) is 5.74. The fraction of sp³-hybridized carbons (Fsp3) is 0.294. The lowest BCUT2D eigenvalue weighted by atomic mass is 10.1. The molecular formula is C17H19N3O3S. The Morgan fingerprint density at radius 3 is 2.58 bits per heavy atom. The molecule has 0 bridgehead atoms. The highest BCUT2D eigenvalue weighted by molar-refractivity contribution is 7.93. The Labute approximate surface area is 141 Å². The van der Waals surface area contributed by atoms with Crippen LogP contribution in [-0.2, 0) is 10.0 Å². The minimum Gasteiger partial charge on any atom is -0.336 e. The van der Waals surface area contributed by atoms with Gasteiger partial charge in [-0.15, -0.1) is 0 Å². The third kappa shape index (κ3) is 3.73. The van der Waals surface area contributed by atoms with Gasteiger partial charge in [0.1, 0.15) is 5.69 Å². The van der Waals surface area contributed by atoms with E-state index in [2.05, 4.69) is 9.71 Å². The number of hydrogen-bond donors (Lipinski definition) is 1. The first-order valence-electron chi connectivity index (χ1n) is 7.83. The Kier molecular flexibility index (Phi) is 4.80. The summed E-state index contributed by atoms with van der Waals surface area (Å²) in [5.41, 5.74) is 0.872. The van der Waals surface area contributed by atoms with E-state index >= 15 is 0 Å². The Morgan fingerprint density at radius 1 is 1.12 bits per heavy atom. The van der Waals surface area contributed by atoms with Crippen molar-refractivity contribution in [3.63, 3.8) is 0 Å². The topological polar surface area (TPSA) is 79.4 Å². The molecule has 1 N–H and O–H groups in total. The first-order valence-corrected chi connectivity index (χ1v) is 9.38. The van der Waals surface area contributed by atoms with Crippen LogP contribution in [0.5, 0.6) is 0 Å². The first-order chi connectivity index (χ1) is 11.6. The molecule has 7 heteroatoms. The molecule has 1 aromatic heterocycles. The van der Waals surface area contributed by atoms with Crippen LogP contribution in [0.2, 0.25) is 0 Å². The SMILES string of the molecule is O=C(c1ccccn1)N1CCCC(S(=O)(=O)Nc2ccccc2)C1. The number of nitrogens with one attached hydrogen (secondary N) is 1. The van der Waals surface area contributed by atoms with Gasteiger partial charge in [-0.25, -0.2) is 8.42 Å². The first kappa shape index (κ1) is 16.4. The lowest BCUT2D eigenvalue weighted by Gasteiger charge is -2.32. The van der Waals surface area contributed by atoms with Gasteiger partial charge in [0.15, 0.2) is 0 Å². The minimum absolute atomic E-state index is 0.178. The number of para-hydroxylation sites is 1. The summed E-state index contributed by atoms with van der Waals surface area (Å²) >= 11 is 0. The highest BCUT2D eigenvalue weighted by Crippen LogP contribution is 2.21. The Morgan fingerprint density at radius 2 is 1.88 bits per heavy atom. The van der Waals surface area contributed by atoms with Crippen LogP contribution >= 0.6 is 0 Å². The molecule has 0 aliphatic carbocycles. The molecule has 0 spiro atoms. The molecule has 0 radical (unpaired) electrons. The lowest BCUT2D eigenvalue weighted by Crippen LogP contribution is -2.46. The average molecular weight is 345 g/mol. The average Bonchev–Trinajstić information content (AvgIpc) is 2.62. The van der Waals surface area contributed by atoms with Crippen molar-refractivity contribution in [2.24, 2.45) is 0 Å². The van der Waals surface area contributed by atoms with E-state index < -0.39 is 15.3 Å². The van der Waals surface area contributed by atoms with Gasteiger partial charge < -0.3 is 4.90 Å². The van der Waals surface area contributed by atoms with Crippen molar-refractivity contribution in [3.05, 3.63) is 60.4 Å². The third-order valence-corrected chi connectivity index (χ3v) is 5.80. The second-order valence-corrected chi connectivity index (χ2v) is 7.70. The lowest BCUT2D eigenvalue weighted by molar-refractivity contribution is 0.0721. The van der Waals surface area contributed by atoms with Crippen molar-refractivity contribution in [2.75, 3.05) is 17.8 Å². The molecule has 1 aromatic carbocycles. The quantitative estimate of drug-likeness (QED) is 0.921. The smallest absolute Gasteiger partial charge is 0.272 e. The van der Waals surface area contributed by atoms with E-state index in [1.54, 1.807) is 53.6 Å². The van der Waals surface area contributed by atoms with E-state index in [0.29, 0.717) is 30.8 Å². The third-order valence-electron chi connectivity index (χ3n) is 4.02. The number of nitrogens with zero attached hydrogens (tertiary/aromatic N) is 2. The molecule has 1 atom stereocenters. The summed E-state index contributed by atoms with van der Waals surface area (Å²) in [5, 5.41) is -0.626. The van der Waals surface area contributed by atoms with Crippen molar-refractivity contribution in [3.8, 4) is 0 Å². The summed E-state index contributed by atoms with van der Waals surface area (Å²) in [7, 11) is -3.55. The van der Waals surface area contributed by atoms with Crippen molar-refractivity contribution < 1.29 is 13.2 Å². The van der Waals surface area contributed by atoms with Gasteiger partial charge >= 0.3 is 0 Å². The van der Waals surface area contributed by atoms with Crippen LogP contribution in [0.1, 0.15) is 23.3 Å². The van der Waals surface area contributed by atoms with Crippen molar-refractivity contribution in [1.29, 1.82) is 0 Å². The van der Waals surface area contributed by atoms with Crippen LogP contribution in [-0.4, -0.2) is 42.5 Å². The number of amides is 1. The molecule has 6 nitrogen and oxygen atoms in total. The molecule has 1 aliphatic heterocycles. The van der Waals surface area contributed by atoms with E-state index in [1.807, 2.05) is 6.07 Å². The van der Waals surface area contributed by atoms with Crippen LogP contribution in [0.25, 0.3) is 0 Å². The molecule has 126 valence electrons. The van der Waals surface area contributed by atoms with E-state index in [1.165, 1.54) is 0 Å². The fourth-order valence-corrected chi connectivity index (χ4v) is 4.27. The fourth-order valence-electron chi connectivity index (χ4n) is 2.78. The zero-order valence-corrected chi connectivity index (χ0v) is 13.9. The zero-order chi connectivity index (χ0) is 17.0. The number of hydrogen-bond acceptors (Lipinski definition) is 4. The van der Waals surface area contributed by atoms with Gasteiger partial charge in [0.05, 0.1) is 5.25 Å². The maximum Gasteiger partial charge on any atom is 0.272 e. The number of pyridine rings is 1. The summed E-state index contributed by atoms with van der Waals surface area (Å²) in [6, 6.07) is 13.9. The van der Waals surface area contributed by atoms with E-state index in [9.17, 15) is 13.2 Å². The maximum absolute atomic E-state index is 12.6. The highest BCUT2D eigenvalue weighted by atomic mass is 32.2. The molecule has 0 saturated carbocycles. The number of carbonyl (C=O) groups is 1. The van der Waals surface area contributed by atoms with Gasteiger partial charge in [-0.2, -0.15) is 0 Å². The number of anilines is 1. The molecule has 2 heterocycles. The predicted octanol–water partition coefficient (Wildman–Crippen LogP) is 2.13. The number of carbonyl (C=O) groups excluding carboxylic acids is 1.